The average Bonchev–Trinajstić information content (AvgIpc) is 2.41. The van der Waals surface area contributed by atoms with Crippen LogP contribution in [0.5, 0.6) is 0 Å². The van der Waals surface area contributed by atoms with Gasteiger partial charge in [0.05, 0.1) is 6.10 Å². The summed E-state index contributed by atoms with van der Waals surface area (Å²) in [7, 11) is 0. The first kappa shape index (κ1) is 27.8. The maximum absolute atomic E-state index is 9.44. The third-order valence-corrected chi connectivity index (χ3v) is 5.21. The van der Waals surface area contributed by atoms with Gasteiger partial charge >= 0.3 is 0 Å². The van der Waals surface area contributed by atoms with Crippen LogP contribution in [0, 0.1) is 16.2 Å². The Morgan fingerprint density at radius 2 is 1.36 bits per heavy atom. The van der Waals surface area contributed by atoms with Gasteiger partial charge in [0.25, 0.3) is 0 Å². The zero-order chi connectivity index (χ0) is 22.2. The topological polar surface area (TPSA) is 56.3 Å². The molecule has 0 aromatic rings. The summed E-state index contributed by atoms with van der Waals surface area (Å²) in [4.78, 5) is 0. The van der Waals surface area contributed by atoms with Crippen molar-refractivity contribution in [1.29, 1.82) is 0 Å². The molecule has 170 valence electrons. The second-order valence-electron chi connectivity index (χ2n) is 12.6. The van der Waals surface area contributed by atoms with E-state index in [0.29, 0.717) is 18.0 Å². The summed E-state index contributed by atoms with van der Waals surface area (Å²) in [6.45, 7) is 28.7. The van der Waals surface area contributed by atoms with Crippen LogP contribution in [0.2, 0.25) is 0 Å². The van der Waals surface area contributed by atoms with Crippen molar-refractivity contribution in [2.24, 2.45) is 16.2 Å². The Morgan fingerprint density at radius 1 is 0.821 bits per heavy atom. The Bertz CT molecular complexity index is 422. The van der Waals surface area contributed by atoms with E-state index in [1.165, 1.54) is 6.42 Å². The van der Waals surface area contributed by atoms with Crippen LogP contribution < -0.4 is 16.0 Å². The van der Waals surface area contributed by atoms with Crippen LogP contribution in [0.4, 0.5) is 0 Å². The number of rotatable bonds is 14. The molecule has 4 heteroatoms. The molecule has 0 saturated carbocycles. The number of hydrogen-bond acceptors (Lipinski definition) is 4. The van der Waals surface area contributed by atoms with E-state index in [-0.39, 0.29) is 22.5 Å². The first-order chi connectivity index (χ1) is 12.4. The van der Waals surface area contributed by atoms with Gasteiger partial charge in [-0.2, -0.15) is 0 Å². The van der Waals surface area contributed by atoms with E-state index in [2.05, 4.69) is 85.2 Å². The molecule has 0 aliphatic rings. The normalized spacial score (nSPS) is 16.3. The summed E-state index contributed by atoms with van der Waals surface area (Å²) in [5.74, 6) is 0. The van der Waals surface area contributed by atoms with Gasteiger partial charge in [-0.3, -0.25) is 0 Å². The number of nitrogens with one attached hydrogen (secondary N) is 3. The van der Waals surface area contributed by atoms with Gasteiger partial charge in [0.1, 0.15) is 0 Å². The maximum atomic E-state index is 9.44. The fourth-order valence-corrected chi connectivity index (χ4v) is 4.23. The lowest BCUT2D eigenvalue weighted by Gasteiger charge is -2.38. The Labute approximate surface area is 177 Å². The van der Waals surface area contributed by atoms with Gasteiger partial charge in [-0.25, -0.2) is 0 Å². The van der Waals surface area contributed by atoms with E-state index in [1.54, 1.807) is 0 Å². The minimum absolute atomic E-state index is 0.125. The number of aliphatic hydroxyl groups is 1. The molecule has 0 rings (SSSR count). The Hall–Kier alpha value is -0.160. The second kappa shape index (κ2) is 11.3. The highest BCUT2D eigenvalue weighted by Gasteiger charge is 2.30. The fraction of sp³-hybridized carbons (Fsp3) is 1.00. The van der Waals surface area contributed by atoms with Gasteiger partial charge in [0.2, 0.25) is 0 Å². The predicted molar refractivity (Wildman–Crippen MR) is 125 cm³/mol. The fourth-order valence-electron chi connectivity index (χ4n) is 4.23. The molecule has 0 aromatic heterocycles. The second-order valence-corrected chi connectivity index (χ2v) is 12.6. The Balaban J connectivity index is 4.34. The smallest absolute Gasteiger partial charge is 0.0636 e. The summed E-state index contributed by atoms with van der Waals surface area (Å²) >= 11 is 0. The van der Waals surface area contributed by atoms with E-state index in [0.717, 1.165) is 32.5 Å². The summed E-state index contributed by atoms with van der Waals surface area (Å²) < 4.78 is 0. The maximum Gasteiger partial charge on any atom is 0.0636 e. The first-order valence-corrected chi connectivity index (χ1v) is 11.3. The molecule has 0 radical (unpaired) electrons. The molecule has 0 bridgehead atoms. The molecule has 4 N–H and O–H groups in total. The zero-order valence-electron chi connectivity index (χ0n) is 21.1. The van der Waals surface area contributed by atoms with E-state index in [9.17, 15) is 5.11 Å². The van der Waals surface area contributed by atoms with Crippen LogP contribution in [0.1, 0.15) is 95.4 Å². The molecule has 4 nitrogen and oxygen atoms in total. The highest BCUT2D eigenvalue weighted by molar-refractivity contribution is 4.87. The summed E-state index contributed by atoms with van der Waals surface area (Å²) in [5.41, 5.74) is 0.927. The minimum atomic E-state index is -0.286. The summed E-state index contributed by atoms with van der Waals surface area (Å²) in [6, 6.07) is 0.558. The average molecular weight is 400 g/mol. The van der Waals surface area contributed by atoms with E-state index in [4.69, 9.17) is 0 Å². The third kappa shape index (κ3) is 15.7. The Kier molecular flexibility index (Phi) is 11.2. The standard InChI is InChI=1S/C24H53N3O/c1-19(14-21(3,4)5)26-13-12-24(10,11)27-18-23(8,9)16-22(6,7)17-25-15-20(2)28/h19-20,25-28H,12-18H2,1-11H3. The molecule has 0 amide bonds. The summed E-state index contributed by atoms with van der Waals surface area (Å²) in [5, 5.41) is 20.3. The Morgan fingerprint density at radius 3 is 1.86 bits per heavy atom. The molecular formula is C24H53N3O. The van der Waals surface area contributed by atoms with Gasteiger partial charge < -0.3 is 21.1 Å². The van der Waals surface area contributed by atoms with Gasteiger partial charge in [-0.15, -0.1) is 0 Å². The molecule has 0 heterocycles. The van der Waals surface area contributed by atoms with Crippen LogP contribution in [-0.2, 0) is 0 Å². The van der Waals surface area contributed by atoms with Crippen LogP contribution in [0.3, 0.4) is 0 Å². The van der Waals surface area contributed by atoms with Crippen LogP contribution >= 0.6 is 0 Å². The predicted octanol–water partition coefficient (Wildman–Crippen LogP) is 4.57. The van der Waals surface area contributed by atoms with Crippen molar-refractivity contribution in [2.45, 2.75) is 113 Å². The highest BCUT2D eigenvalue weighted by atomic mass is 16.3. The van der Waals surface area contributed by atoms with Crippen LogP contribution in [-0.4, -0.2) is 49.0 Å². The molecule has 0 aliphatic carbocycles. The van der Waals surface area contributed by atoms with Crippen molar-refractivity contribution >= 4 is 0 Å². The molecular weight excluding hydrogens is 346 g/mol. The third-order valence-electron chi connectivity index (χ3n) is 5.21. The number of aliphatic hydroxyl groups excluding tert-OH is 1. The number of hydrogen-bond donors (Lipinski definition) is 4. The molecule has 2 atom stereocenters. The van der Waals surface area contributed by atoms with Crippen LogP contribution in [0.15, 0.2) is 0 Å². The van der Waals surface area contributed by atoms with E-state index >= 15 is 0 Å². The van der Waals surface area contributed by atoms with Crippen molar-refractivity contribution in [2.75, 3.05) is 26.2 Å². The lowest BCUT2D eigenvalue weighted by atomic mass is 9.74. The van der Waals surface area contributed by atoms with Crippen molar-refractivity contribution in [3.63, 3.8) is 0 Å². The van der Waals surface area contributed by atoms with Crippen molar-refractivity contribution in [1.82, 2.24) is 16.0 Å². The molecule has 0 fully saturated rings. The van der Waals surface area contributed by atoms with Crippen molar-refractivity contribution in [3.8, 4) is 0 Å². The largest absolute Gasteiger partial charge is 0.392 e. The monoisotopic (exact) mass is 399 g/mol. The van der Waals surface area contributed by atoms with Crippen molar-refractivity contribution < 1.29 is 5.11 Å². The molecule has 2 unspecified atom stereocenters. The van der Waals surface area contributed by atoms with E-state index < -0.39 is 0 Å². The van der Waals surface area contributed by atoms with Crippen LogP contribution in [0.25, 0.3) is 0 Å². The summed E-state index contributed by atoms with van der Waals surface area (Å²) in [6.07, 6.45) is 3.17. The zero-order valence-corrected chi connectivity index (χ0v) is 21.1. The first-order valence-electron chi connectivity index (χ1n) is 11.3. The molecule has 0 saturated heterocycles. The minimum Gasteiger partial charge on any atom is -0.392 e. The van der Waals surface area contributed by atoms with E-state index in [1.807, 2.05) is 6.92 Å². The molecule has 0 aromatic carbocycles. The SMILES string of the molecule is CC(O)CNCC(C)(C)CC(C)(C)CNC(C)(C)CCNC(C)CC(C)(C)C. The molecule has 0 aliphatic heterocycles. The highest BCUT2D eigenvalue weighted by Crippen LogP contribution is 2.33. The van der Waals surface area contributed by atoms with Gasteiger partial charge in [-0.1, -0.05) is 48.5 Å². The quantitative estimate of drug-likeness (QED) is 0.345. The van der Waals surface area contributed by atoms with Gasteiger partial charge in [0.15, 0.2) is 0 Å². The van der Waals surface area contributed by atoms with Gasteiger partial charge in [0, 0.05) is 31.2 Å². The lowest BCUT2D eigenvalue weighted by molar-refractivity contribution is 0.153. The van der Waals surface area contributed by atoms with Crippen molar-refractivity contribution in [3.05, 3.63) is 0 Å². The molecule has 28 heavy (non-hydrogen) atoms. The van der Waals surface area contributed by atoms with Gasteiger partial charge in [-0.05, 0) is 69.7 Å². The molecule has 0 spiro atoms. The lowest BCUT2D eigenvalue weighted by Crippen LogP contribution is -2.48.